The number of rotatable bonds is 6. The molecule has 0 radical (unpaired) electrons. The van der Waals surface area contributed by atoms with E-state index in [9.17, 15) is 8.42 Å². The summed E-state index contributed by atoms with van der Waals surface area (Å²) in [6.07, 6.45) is 9.10. The second-order valence-corrected chi connectivity index (χ2v) is 9.35. The van der Waals surface area contributed by atoms with Crippen molar-refractivity contribution in [2.45, 2.75) is 55.1 Å². The van der Waals surface area contributed by atoms with E-state index in [0.29, 0.717) is 0 Å². The third kappa shape index (κ3) is 3.12. The van der Waals surface area contributed by atoms with Crippen molar-refractivity contribution in [1.29, 1.82) is 0 Å². The quantitative estimate of drug-likeness (QED) is 0.559. The van der Waals surface area contributed by atoms with Gasteiger partial charge >= 0.3 is 0 Å². The van der Waals surface area contributed by atoms with Crippen LogP contribution in [0.25, 0.3) is 0 Å². The van der Waals surface area contributed by atoms with Crippen LogP contribution in [0.2, 0.25) is 0 Å². The number of aromatic amines is 1. The van der Waals surface area contributed by atoms with Crippen molar-refractivity contribution < 1.29 is 13.5 Å². The minimum atomic E-state index is -3.87. The van der Waals surface area contributed by atoms with Crippen molar-refractivity contribution in [3.63, 3.8) is 0 Å². The van der Waals surface area contributed by atoms with Crippen LogP contribution >= 0.6 is 0 Å². The molecule has 0 atom stereocenters. The Hall–Kier alpha value is -2.72. The molecule has 29 heavy (non-hydrogen) atoms. The maximum Gasteiger partial charge on any atom is 0.249 e. The predicted molar refractivity (Wildman–Crippen MR) is 105 cm³/mol. The van der Waals surface area contributed by atoms with Gasteiger partial charge in [-0.2, -0.15) is 10.1 Å². The average molecular weight is 414 g/mol. The normalized spacial score (nSPS) is 15.5. The van der Waals surface area contributed by atoms with Crippen LogP contribution in [-0.2, 0) is 42.1 Å². The number of hydrogen-bond donors (Lipinski definition) is 3. The molecule has 5 rings (SSSR count). The molecular weight excluding hydrogens is 392 g/mol. The molecule has 1 aromatic carbocycles. The average Bonchev–Trinajstić information content (AvgIpc) is 3.48. The molecule has 3 N–H and O–H groups in total. The third-order valence-corrected chi connectivity index (χ3v) is 7.20. The number of aromatic nitrogens is 5. The molecule has 3 aromatic rings. The highest BCUT2D eigenvalue weighted by molar-refractivity contribution is 7.91. The smallest absolute Gasteiger partial charge is 0.249 e. The number of fused-ring (bicyclic) bond motifs is 2. The minimum absolute atomic E-state index is 0.00939. The summed E-state index contributed by atoms with van der Waals surface area (Å²) in [5.41, 5.74) is 6.45. The lowest BCUT2D eigenvalue weighted by molar-refractivity contribution is 0.269. The minimum Gasteiger partial charge on any atom is -0.394 e. The topological polar surface area (TPSA) is 126 Å². The van der Waals surface area contributed by atoms with Gasteiger partial charge in [0.1, 0.15) is 4.90 Å². The summed E-state index contributed by atoms with van der Waals surface area (Å²) in [7, 11) is -3.87. The van der Waals surface area contributed by atoms with Gasteiger partial charge in [0, 0.05) is 11.9 Å². The van der Waals surface area contributed by atoms with Crippen molar-refractivity contribution in [1.82, 2.24) is 25.0 Å². The van der Waals surface area contributed by atoms with E-state index >= 15 is 0 Å². The Labute approximate surface area is 168 Å². The van der Waals surface area contributed by atoms with Gasteiger partial charge in [0.2, 0.25) is 20.9 Å². The second-order valence-electron chi connectivity index (χ2n) is 7.49. The lowest BCUT2D eigenvalue weighted by atomic mass is 9.99. The van der Waals surface area contributed by atoms with Gasteiger partial charge in [0.15, 0.2) is 0 Å². The number of nitrogens with zero attached hydrogens (tertiary/aromatic N) is 4. The SMILES string of the molecule is O=S(=O)(c1cnn(CCO)c1)c1nc(Nc2c3c(cc4c2CCC4)CCC3)n[nH]1. The molecule has 0 spiro atoms. The first-order chi connectivity index (χ1) is 14.1. The molecule has 152 valence electrons. The Morgan fingerprint density at radius 2 is 1.86 bits per heavy atom. The van der Waals surface area contributed by atoms with E-state index in [0.717, 1.165) is 44.2 Å². The van der Waals surface area contributed by atoms with Crippen molar-refractivity contribution in [2.75, 3.05) is 11.9 Å². The van der Waals surface area contributed by atoms with E-state index in [-0.39, 0.29) is 29.2 Å². The van der Waals surface area contributed by atoms with Gasteiger partial charge in [-0.1, -0.05) is 6.07 Å². The maximum absolute atomic E-state index is 12.8. The van der Waals surface area contributed by atoms with Gasteiger partial charge < -0.3 is 10.4 Å². The zero-order chi connectivity index (χ0) is 20.0. The van der Waals surface area contributed by atoms with Gasteiger partial charge in [-0.15, -0.1) is 5.10 Å². The van der Waals surface area contributed by atoms with E-state index in [2.05, 4.69) is 31.7 Å². The first-order valence-electron chi connectivity index (χ1n) is 9.80. The lowest BCUT2D eigenvalue weighted by Crippen LogP contribution is -2.05. The fourth-order valence-corrected chi connectivity index (χ4v) is 5.36. The fraction of sp³-hybridized carbons (Fsp3) is 0.421. The number of aryl methyl sites for hydroxylation is 2. The van der Waals surface area contributed by atoms with Crippen molar-refractivity contribution in [3.05, 3.63) is 40.7 Å². The van der Waals surface area contributed by atoms with Crippen LogP contribution in [0.5, 0.6) is 0 Å². The number of benzene rings is 1. The third-order valence-electron chi connectivity index (χ3n) is 5.68. The summed E-state index contributed by atoms with van der Waals surface area (Å²) in [5.74, 6) is 0.251. The van der Waals surface area contributed by atoms with Crippen LogP contribution in [0.3, 0.4) is 0 Å². The number of sulfone groups is 1. The van der Waals surface area contributed by atoms with Gasteiger partial charge in [-0.05, 0) is 60.8 Å². The summed E-state index contributed by atoms with van der Waals surface area (Å²) in [4.78, 5) is 4.22. The highest BCUT2D eigenvalue weighted by atomic mass is 32.2. The fourth-order valence-electron chi connectivity index (χ4n) is 4.32. The number of hydrogen-bond acceptors (Lipinski definition) is 7. The number of nitrogens with one attached hydrogen (secondary N) is 2. The number of aliphatic hydroxyl groups excluding tert-OH is 1. The Morgan fingerprint density at radius 1 is 1.14 bits per heavy atom. The Bertz CT molecular complexity index is 1150. The van der Waals surface area contributed by atoms with E-state index in [1.54, 1.807) is 0 Å². The van der Waals surface area contributed by atoms with Gasteiger partial charge in [0.25, 0.3) is 0 Å². The summed E-state index contributed by atoms with van der Waals surface area (Å²) in [6.45, 7) is 0.103. The monoisotopic (exact) mass is 414 g/mol. The summed E-state index contributed by atoms with van der Waals surface area (Å²) in [6, 6.07) is 2.34. The standard InChI is InChI=1S/C19H22N6O3S/c26-8-7-25-11-14(10-20-25)29(27,28)19-22-18(23-24-19)21-17-15-5-1-3-12(15)9-13-4-2-6-16(13)17/h9-11,26H,1-8H2,(H2,21,22,23,24). The molecule has 2 aliphatic carbocycles. The summed E-state index contributed by atoms with van der Waals surface area (Å²) in [5, 5.41) is 22.6. The molecule has 2 aliphatic rings. The molecule has 0 aliphatic heterocycles. The Morgan fingerprint density at radius 3 is 2.55 bits per heavy atom. The number of H-pyrrole nitrogens is 1. The van der Waals surface area contributed by atoms with Crippen LogP contribution in [0, 0.1) is 0 Å². The lowest BCUT2D eigenvalue weighted by Gasteiger charge is -2.15. The van der Waals surface area contributed by atoms with E-state index in [1.807, 2.05) is 0 Å². The Balaban J connectivity index is 1.46. The molecule has 0 bridgehead atoms. The molecular formula is C19H22N6O3S. The first kappa shape index (κ1) is 18.3. The van der Waals surface area contributed by atoms with Crippen LogP contribution in [0.1, 0.15) is 35.1 Å². The molecule has 9 nitrogen and oxygen atoms in total. The van der Waals surface area contributed by atoms with Gasteiger partial charge in [-0.25, -0.2) is 13.5 Å². The van der Waals surface area contributed by atoms with E-state index in [4.69, 9.17) is 5.11 Å². The summed E-state index contributed by atoms with van der Waals surface area (Å²) >= 11 is 0. The molecule has 0 saturated heterocycles. The van der Waals surface area contributed by atoms with Crippen molar-refractivity contribution in [3.8, 4) is 0 Å². The largest absolute Gasteiger partial charge is 0.394 e. The van der Waals surface area contributed by atoms with E-state index in [1.165, 1.54) is 39.3 Å². The zero-order valence-corrected chi connectivity index (χ0v) is 16.7. The number of aliphatic hydroxyl groups is 1. The van der Waals surface area contributed by atoms with Crippen LogP contribution in [0.4, 0.5) is 11.6 Å². The highest BCUT2D eigenvalue weighted by Gasteiger charge is 2.27. The molecule has 2 aromatic heterocycles. The first-order valence-corrected chi connectivity index (χ1v) is 11.3. The van der Waals surface area contributed by atoms with Gasteiger partial charge in [0.05, 0.1) is 19.3 Å². The summed E-state index contributed by atoms with van der Waals surface area (Å²) < 4.78 is 27.0. The van der Waals surface area contributed by atoms with Crippen LogP contribution in [0.15, 0.2) is 28.5 Å². The predicted octanol–water partition coefficient (Wildman–Crippen LogP) is 1.55. The molecule has 0 unspecified atom stereocenters. The molecule has 0 saturated carbocycles. The second kappa shape index (κ2) is 6.96. The molecule has 0 fully saturated rings. The van der Waals surface area contributed by atoms with Crippen LogP contribution < -0.4 is 5.32 Å². The maximum atomic E-state index is 12.8. The van der Waals surface area contributed by atoms with E-state index < -0.39 is 9.84 Å². The highest BCUT2D eigenvalue weighted by Crippen LogP contribution is 2.39. The van der Waals surface area contributed by atoms with Crippen molar-refractivity contribution >= 4 is 21.5 Å². The molecule has 10 heteroatoms. The number of anilines is 2. The zero-order valence-electron chi connectivity index (χ0n) is 15.8. The van der Waals surface area contributed by atoms with Crippen molar-refractivity contribution in [2.24, 2.45) is 0 Å². The van der Waals surface area contributed by atoms with Gasteiger partial charge in [-0.3, -0.25) is 4.68 Å². The Kier molecular flexibility index (Phi) is 4.39. The molecule has 0 amide bonds. The van der Waals surface area contributed by atoms with Crippen LogP contribution in [-0.4, -0.2) is 45.1 Å². The molecule has 2 heterocycles.